The molecule has 0 bridgehead atoms. The Hall–Kier alpha value is -5.78. The molecule has 51 heavy (non-hydrogen) atoms. The first kappa shape index (κ1) is 41.4. The molecule has 0 aliphatic rings. The molecule has 256 valence electrons. The number of phenols is 4. The molecule has 0 fully saturated rings. The Morgan fingerprint density at radius 1 is 0.294 bits per heavy atom. The third-order valence-corrected chi connectivity index (χ3v) is 6.88. The van der Waals surface area contributed by atoms with Gasteiger partial charge in [-0.05, 0) is 72.8 Å². The number of nitrogens with zero attached hydrogens (tertiary/aromatic N) is 4. The summed E-state index contributed by atoms with van der Waals surface area (Å²) in [4.78, 5) is 17.6. The molecule has 0 aromatic heterocycles. The summed E-state index contributed by atoms with van der Waals surface area (Å²) >= 11 is 0. The van der Waals surface area contributed by atoms with E-state index in [4.69, 9.17) is 0 Å². The number of hydrogen-bond acceptors (Lipinski definition) is 8. The van der Waals surface area contributed by atoms with Crippen molar-refractivity contribution < 1.29 is 60.6 Å². The molecule has 0 aliphatic heterocycles. The number of rotatable bonds is 8. The molecular formula is C40H34Cr2N4O5. The van der Waals surface area contributed by atoms with Gasteiger partial charge in [-0.2, -0.15) is 0 Å². The first-order valence-electron chi connectivity index (χ1n) is 14.9. The second-order valence-corrected chi connectivity index (χ2v) is 10.2. The Morgan fingerprint density at radius 2 is 0.471 bits per heavy atom. The Morgan fingerprint density at radius 3 is 0.667 bits per heavy atom. The second-order valence-electron chi connectivity index (χ2n) is 10.2. The van der Waals surface area contributed by atoms with Crippen molar-refractivity contribution in [3.05, 3.63) is 168 Å². The van der Waals surface area contributed by atoms with Gasteiger partial charge in [0.05, 0.1) is 22.7 Å². The van der Waals surface area contributed by atoms with Crippen LogP contribution < -0.4 is 0 Å². The molecule has 0 saturated carbocycles. The van der Waals surface area contributed by atoms with E-state index >= 15 is 0 Å². The molecule has 6 aromatic rings. The van der Waals surface area contributed by atoms with Gasteiger partial charge in [0.25, 0.3) is 0 Å². The number of phenolic OH excluding ortho intramolecular Hbond substituents is 4. The van der Waals surface area contributed by atoms with Crippen LogP contribution in [0.5, 0.6) is 23.0 Å². The van der Waals surface area contributed by atoms with Gasteiger partial charge in [0.2, 0.25) is 0 Å². The molecule has 0 spiro atoms. The minimum Gasteiger partial charge on any atom is -0.507 e. The van der Waals surface area contributed by atoms with Crippen LogP contribution in [0, 0.1) is 0 Å². The average molecular weight is 755 g/mol. The van der Waals surface area contributed by atoms with Crippen molar-refractivity contribution in [2.24, 2.45) is 20.0 Å². The zero-order valence-corrected chi connectivity index (χ0v) is 29.6. The summed E-state index contributed by atoms with van der Waals surface area (Å²) < 4.78 is 0. The maximum absolute atomic E-state index is 9.79. The quantitative estimate of drug-likeness (QED) is 0.115. The van der Waals surface area contributed by atoms with Crippen LogP contribution in [-0.4, -0.2) is 50.8 Å². The van der Waals surface area contributed by atoms with E-state index in [2.05, 4.69) is 20.0 Å². The molecule has 6 rings (SSSR count). The minimum atomic E-state index is 0. The van der Waals surface area contributed by atoms with Gasteiger partial charge in [0.1, 0.15) is 23.0 Å². The van der Waals surface area contributed by atoms with E-state index in [1.807, 2.05) is 72.8 Å². The predicted octanol–water partition coefficient (Wildman–Crippen LogP) is 8.37. The predicted molar refractivity (Wildman–Crippen MR) is 198 cm³/mol. The van der Waals surface area contributed by atoms with E-state index < -0.39 is 0 Å². The summed E-state index contributed by atoms with van der Waals surface area (Å²) in [5, 5.41) is 39.2. The largest absolute Gasteiger partial charge is 0.507 e. The molecule has 11 heteroatoms. The fourth-order valence-corrected chi connectivity index (χ4v) is 4.31. The summed E-state index contributed by atoms with van der Waals surface area (Å²) in [6, 6.07) is 42.8. The van der Waals surface area contributed by atoms with E-state index in [1.54, 1.807) is 97.7 Å². The van der Waals surface area contributed by atoms with Crippen LogP contribution in [0.25, 0.3) is 0 Å². The standard InChI is InChI=1S/2C20H16N2O2.2Cr.H2O/c2*23-19-11-5-1-7-15(19)13-21-17-9-3-4-10-18(17)22-14-16-8-2-6-12-20(16)24;;;/h2*1-14,23-24H;;;1H2. The summed E-state index contributed by atoms with van der Waals surface area (Å²) in [6.07, 6.45) is 6.40. The van der Waals surface area contributed by atoms with Gasteiger partial charge in [-0.1, -0.05) is 72.8 Å². The third kappa shape index (κ3) is 12.3. The number of aromatic hydroxyl groups is 4. The van der Waals surface area contributed by atoms with Crippen LogP contribution in [0.2, 0.25) is 0 Å². The number of aliphatic imine (C=N–C) groups is 4. The number of para-hydroxylation sites is 8. The van der Waals surface area contributed by atoms with Gasteiger partial charge in [0, 0.05) is 81.8 Å². The minimum absolute atomic E-state index is 0. The van der Waals surface area contributed by atoms with Gasteiger partial charge in [-0.15, -0.1) is 0 Å². The molecule has 9 nitrogen and oxygen atoms in total. The van der Waals surface area contributed by atoms with Gasteiger partial charge in [-0.3, -0.25) is 20.0 Å². The zero-order valence-electron chi connectivity index (χ0n) is 27.1. The number of hydrogen-bond donors (Lipinski definition) is 4. The van der Waals surface area contributed by atoms with Crippen molar-refractivity contribution in [2.75, 3.05) is 0 Å². The molecule has 0 aliphatic carbocycles. The van der Waals surface area contributed by atoms with Crippen molar-refractivity contribution in [1.82, 2.24) is 0 Å². The van der Waals surface area contributed by atoms with Crippen LogP contribution in [0.3, 0.4) is 0 Å². The summed E-state index contributed by atoms with van der Waals surface area (Å²) in [6.45, 7) is 0. The third-order valence-electron chi connectivity index (χ3n) is 6.88. The fraction of sp³-hybridized carbons (Fsp3) is 0. The Balaban J connectivity index is 0.000000334. The number of benzene rings is 6. The van der Waals surface area contributed by atoms with Crippen LogP contribution in [-0.2, 0) is 34.7 Å². The van der Waals surface area contributed by atoms with E-state index in [1.165, 1.54) is 0 Å². The first-order valence-corrected chi connectivity index (χ1v) is 14.9. The van der Waals surface area contributed by atoms with Gasteiger partial charge < -0.3 is 25.9 Å². The maximum atomic E-state index is 9.79. The molecule has 0 amide bonds. The second kappa shape index (κ2) is 21.3. The Bertz CT molecular complexity index is 1820. The van der Waals surface area contributed by atoms with Crippen LogP contribution in [0.4, 0.5) is 22.7 Å². The molecule has 0 heterocycles. The summed E-state index contributed by atoms with van der Waals surface area (Å²) in [5.41, 5.74) is 5.24. The Kier molecular flexibility index (Phi) is 17.3. The van der Waals surface area contributed by atoms with Crippen molar-refractivity contribution in [1.29, 1.82) is 0 Å². The monoisotopic (exact) mass is 754 g/mol. The van der Waals surface area contributed by atoms with Gasteiger partial charge in [0.15, 0.2) is 0 Å². The fourth-order valence-electron chi connectivity index (χ4n) is 4.31. The smallest absolute Gasteiger partial charge is 0.124 e. The molecule has 0 atom stereocenters. The molecule has 6 aromatic carbocycles. The van der Waals surface area contributed by atoms with Crippen molar-refractivity contribution >= 4 is 47.6 Å². The molecule has 0 unspecified atom stereocenters. The van der Waals surface area contributed by atoms with Crippen molar-refractivity contribution in [2.45, 2.75) is 0 Å². The van der Waals surface area contributed by atoms with E-state index in [0.717, 1.165) is 0 Å². The van der Waals surface area contributed by atoms with E-state index in [-0.39, 0.29) is 63.2 Å². The molecule has 0 radical (unpaired) electrons. The normalized spacial score (nSPS) is 10.7. The van der Waals surface area contributed by atoms with Crippen molar-refractivity contribution in [3.63, 3.8) is 0 Å². The van der Waals surface area contributed by atoms with E-state index in [9.17, 15) is 20.4 Å². The summed E-state index contributed by atoms with van der Waals surface area (Å²) in [7, 11) is 0. The first-order chi connectivity index (χ1) is 23.5. The van der Waals surface area contributed by atoms with Crippen LogP contribution >= 0.6 is 0 Å². The summed E-state index contributed by atoms with van der Waals surface area (Å²) in [5.74, 6) is 0.709. The molecular weight excluding hydrogens is 720 g/mol. The zero-order chi connectivity index (χ0) is 33.6. The SMILES string of the molecule is O.Oc1ccccc1C=Nc1ccccc1N=Cc1ccccc1O.Oc1ccccc1C=Nc1ccccc1N=Cc1ccccc1O.[Cr].[Cr]. The van der Waals surface area contributed by atoms with Crippen molar-refractivity contribution in [3.8, 4) is 23.0 Å². The topological polar surface area (TPSA) is 162 Å². The molecule has 6 N–H and O–H groups in total. The van der Waals surface area contributed by atoms with Gasteiger partial charge >= 0.3 is 0 Å². The van der Waals surface area contributed by atoms with Crippen LogP contribution in [0.15, 0.2) is 166 Å². The molecule has 0 saturated heterocycles. The van der Waals surface area contributed by atoms with Gasteiger partial charge in [-0.25, -0.2) is 0 Å². The van der Waals surface area contributed by atoms with E-state index in [0.29, 0.717) is 45.0 Å². The average Bonchev–Trinajstić information content (AvgIpc) is 3.11. The maximum Gasteiger partial charge on any atom is 0.124 e. The Labute approximate surface area is 317 Å². The van der Waals surface area contributed by atoms with Crippen LogP contribution in [0.1, 0.15) is 22.3 Å².